The molecule has 1 fully saturated rings. The second kappa shape index (κ2) is 8.84. The van der Waals surface area contributed by atoms with Crippen LogP contribution in [-0.4, -0.2) is 51.9 Å². The van der Waals surface area contributed by atoms with Crippen molar-refractivity contribution in [3.8, 4) is 0 Å². The highest BCUT2D eigenvalue weighted by atomic mass is 32.2. The van der Waals surface area contributed by atoms with Gasteiger partial charge in [-0.05, 0) is 30.9 Å². The van der Waals surface area contributed by atoms with Crippen LogP contribution in [-0.2, 0) is 10.0 Å². The third-order valence-electron chi connectivity index (χ3n) is 4.15. The van der Waals surface area contributed by atoms with E-state index in [1.165, 1.54) is 0 Å². The van der Waals surface area contributed by atoms with Crippen LogP contribution < -0.4 is 10.6 Å². The highest BCUT2D eigenvalue weighted by molar-refractivity contribution is 7.89. The summed E-state index contributed by atoms with van der Waals surface area (Å²) in [6.45, 7) is 6.23. The summed E-state index contributed by atoms with van der Waals surface area (Å²) < 4.78 is 26.8. The maximum atomic E-state index is 12.6. The van der Waals surface area contributed by atoms with Crippen molar-refractivity contribution in [3.05, 3.63) is 43.0 Å². The Morgan fingerprint density at radius 1 is 1.29 bits per heavy atom. The van der Waals surface area contributed by atoms with Gasteiger partial charge in [0.15, 0.2) is 5.96 Å². The first kappa shape index (κ1) is 18.5. The largest absolute Gasteiger partial charge is 0.356 e. The summed E-state index contributed by atoms with van der Waals surface area (Å²) in [5.74, 6) is 1.18. The Balaban J connectivity index is 1.84. The van der Waals surface area contributed by atoms with E-state index in [9.17, 15) is 8.42 Å². The summed E-state index contributed by atoms with van der Waals surface area (Å²) in [4.78, 5) is 4.52. The second-order valence-electron chi connectivity index (χ2n) is 5.78. The Morgan fingerprint density at radius 3 is 2.54 bits per heavy atom. The number of rotatable bonds is 6. The molecule has 0 bridgehead atoms. The molecule has 132 valence electrons. The van der Waals surface area contributed by atoms with Crippen LogP contribution in [0.25, 0.3) is 0 Å². The van der Waals surface area contributed by atoms with E-state index in [2.05, 4.69) is 22.2 Å². The Kier molecular flexibility index (Phi) is 6.81. The van der Waals surface area contributed by atoms with Gasteiger partial charge in [-0.1, -0.05) is 24.3 Å². The molecule has 0 atom stereocenters. The van der Waals surface area contributed by atoms with Crippen molar-refractivity contribution in [3.63, 3.8) is 0 Å². The summed E-state index contributed by atoms with van der Waals surface area (Å²) in [6, 6.07) is 8.64. The molecule has 0 aromatic heterocycles. The number of benzene rings is 1. The van der Waals surface area contributed by atoms with Gasteiger partial charge in [0.1, 0.15) is 0 Å². The molecule has 1 aliphatic heterocycles. The molecule has 2 rings (SSSR count). The minimum Gasteiger partial charge on any atom is -0.356 e. The Labute approximate surface area is 144 Å². The number of hydrogen-bond acceptors (Lipinski definition) is 3. The van der Waals surface area contributed by atoms with Crippen molar-refractivity contribution in [2.75, 3.05) is 33.2 Å². The quantitative estimate of drug-likeness (QED) is 0.462. The van der Waals surface area contributed by atoms with Gasteiger partial charge in [0.2, 0.25) is 10.0 Å². The van der Waals surface area contributed by atoms with E-state index in [-0.39, 0.29) is 0 Å². The molecule has 0 aliphatic carbocycles. The molecule has 0 unspecified atom stereocenters. The number of nitrogens with one attached hydrogen (secondary N) is 2. The molecule has 1 heterocycles. The molecule has 0 amide bonds. The summed E-state index contributed by atoms with van der Waals surface area (Å²) in [6.07, 6.45) is 3.47. The van der Waals surface area contributed by atoms with Gasteiger partial charge in [-0.3, -0.25) is 4.99 Å². The molecule has 24 heavy (non-hydrogen) atoms. The average molecular weight is 350 g/mol. The van der Waals surface area contributed by atoms with Crippen LogP contribution in [0.4, 0.5) is 0 Å². The first-order chi connectivity index (χ1) is 11.6. The Morgan fingerprint density at radius 2 is 1.96 bits per heavy atom. The summed E-state index contributed by atoms with van der Waals surface area (Å²) in [5.41, 5.74) is 0. The maximum Gasteiger partial charge on any atom is 0.243 e. The fourth-order valence-corrected chi connectivity index (χ4v) is 4.22. The van der Waals surface area contributed by atoms with Crippen molar-refractivity contribution in [1.82, 2.24) is 14.9 Å². The summed E-state index contributed by atoms with van der Waals surface area (Å²) in [5, 5.41) is 6.41. The smallest absolute Gasteiger partial charge is 0.243 e. The third-order valence-corrected chi connectivity index (χ3v) is 6.06. The zero-order chi connectivity index (χ0) is 17.4. The van der Waals surface area contributed by atoms with Crippen LogP contribution >= 0.6 is 0 Å². The summed E-state index contributed by atoms with van der Waals surface area (Å²) in [7, 11) is -1.64. The highest BCUT2D eigenvalue weighted by Crippen LogP contribution is 2.23. The average Bonchev–Trinajstić information content (AvgIpc) is 2.63. The van der Waals surface area contributed by atoms with E-state index in [0.29, 0.717) is 30.4 Å². The highest BCUT2D eigenvalue weighted by Gasteiger charge is 2.29. The van der Waals surface area contributed by atoms with E-state index in [1.54, 1.807) is 41.7 Å². The van der Waals surface area contributed by atoms with Crippen molar-refractivity contribution in [1.29, 1.82) is 0 Å². The zero-order valence-corrected chi connectivity index (χ0v) is 14.9. The van der Waals surface area contributed by atoms with Gasteiger partial charge in [-0.25, -0.2) is 8.42 Å². The minimum atomic E-state index is -3.37. The van der Waals surface area contributed by atoms with Gasteiger partial charge >= 0.3 is 0 Å². The number of guanidine groups is 1. The monoisotopic (exact) mass is 350 g/mol. The SMILES string of the molecule is C=CCNC(=NC)NCC1CCN(S(=O)(=O)c2ccccc2)CC1. The van der Waals surface area contributed by atoms with Gasteiger partial charge in [0, 0.05) is 33.2 Å². The Bertz CT molecular complexity index is 650. The van der Waals surface area contributed by atoms with E-state index in [1.807, 2.05) is 6.07 Å². The van der Waals surface area contributed by atoms with Gasteiger partial charge in [-0.2, -0.15) is 4.31 Å². The van der Waals surface area contributed by atoms with Gasteiger partial charge < -0.3 is 10.6 Å². The molecule has 0 saturated carbocycles. The number of aliphatic imine (C=N–C) groups is 1. The fourth-order valence-electron chi connectivity index (χ4n) is 2.73. The van der Waals surface area contributed by atoms with Crippen LogP contribution in [0.2, 0.25) is 0 Å². The molecule has 1 aromatic rings. The predicted molar refractivity (Wildman–Crippen MR) is 97.5 cm³/mol. The molecule has 6 nitrogen and oxygen atoms in total. The second-order valence-corrected chi connectivity index (χ2v) is 7.72. The first-order valence-electron chi connectivity index (χ1n) is 8.18. The van der Waals surface area contributed by atoms with Crippen molar-refractivity contribution >= 4 is 16.0 Å². The predicted octanol–water partition coefficient (Wildman–Crippen LogP) is 1.44. The molecular weight excluding hydrogens is 324 g/mol. The fraction of sp³-hybridized carbons (Fsp3) is 0.471. The molecular formula is C17H26N4O2S. The Hall–Kier alpha value is -1.86. The standard InChI is InChI=1S/C17H26N4O2S/c1-3-11-19-17(18-2)20-14-15-9-12-21(13-10-15)24(22,23)16-7-5-4-6-8-16/h3-8,15H,1,9-14H2,2H3,(H2,18,19,20). The van der Waals surface area contributed by atoms with Crippen molar-refractivity contribution in [2.24, 2.45) is 10.9 Å². The van der Waals surface area contributed by atoms with E-state index >= 15 is 0 Å². The molecule has 0 spiro atoms. The lowest BCUT2D eigenvalue weighted by Crippen LogP contribution is -2.44. The lowest BCUT2D eigenvalue weighted by Gasteiger charge is -2.31. The third kappa shape index (κ3) is 4.82. The molecule has 2 N–H and O–H groups in total. The molecule has 1 saturated heterocycles. The van der Waals surface area contributed by atoms with E-state index in [0.717, 1.165) is 25.3 Å². The molecule has 0 radical (unpaired) electrons. The first-order valence-corrected chi connectivity index (χ1v) is 9.62. The zero-order valence-electron chi connectivity index (χ0n) is 14.1. The number of hydrogen-bond donors (Lipinski definition) is 2. The van der Waals surface area contributed by atoms with E-state index < -0.39 is 10.0 Å². The van der Waals surface area contributed by atoms with Gasteiger partial charge in [0.25, 0.3) is 0 Å². The van der Waals surface area contributed by atoms with Crippen LogP contribution in [0.1, 0.15) is 12.8 Å². The molecule has 1 aliphatic rings. The van der Waals surface area contributed by atoms with Crippen molar-refractivity contribution < 1.29 is 8.42 Å². The molecule has 1 aromatic carbocycles. The van der Waals surface area contributed by atoms with Gasteiger partial charge in [-0.15, -0.1) is 6.58 Å². The van der Waals surface area contributed by atoms with Crippen LogP contribution in [0.3, 0.4) is 0 Å². The summed E-state index contributed by atoms with van der Waals surface area (Å²) >= 11 is 0. The molecule has 7 heteroatoms. The van der Waals surface area contributed by atoms with E-state index in [4.69, 9.17) is 0 Å². The lowest BCUT2D eigenvalue weighted by molar-refractivity contribution is 0.273. The van der Waals surface area contributed by atoms with Crippen LogP contribution in [0, 0.1) is 5.92 Å². The van der Waals surface area contributed by atoms with Crippen LogP contribution in [0.5, 0.6) is 0 Å². The maximum absolute atomic E-state index is 12.6. The lowest BCUT2D eigenvalue weighted by atomic mass is 9.98. The number of sulfonamides is 1. The topological polar surface area (TPSA) is 73.8 Å². The van der Waals surface area contributed by atoms with Crippen molar-refractivity contribution in [2.45, 2.75) is 17.7 Å². The van der Waals surface area contributed by atoms with Crippen LogP contribution in [0.15, 0.2) is 52.9 Å². The number of piperidine rings is 1. The normalized spacial score (nSPS) is 17.5. The van der Waals surface area contributed by atoms with Gasteiger partial charge in [0.05, 0.1) is 4.90 Å². The number of nitrogens with zero attached hydrogens (tertiary/aromatic N) is 2. The minimum absolute atomic E-state index is 0.371.